The first-order chi connectivity index (χ1) is 7.48. The number of hydrogen-bond donors (Lipinski definition) is 2. The van der Waals surface area contributed by atoms with Gasteiger partial charge in [-0.15, -0.1) is 5.10 Å². The minimum Gasteiger partial charge on any atom is -0.281 e. The molecule has 0 radical (unpaired) electrons. The van der Waals surface area contributed by atoms with E-state index in [0.717, 1.165) is 5.56 Å². The minimum absolute atomic E-state index is 0.183. The minimum atomic E-state index is -4.35. The Hall–Kier alpha value is -1.73. The summed E-state index contributed by atoms with van der Waals surface area (Å²) in [5.41, 5.74) is 1.83. The third kappa shape index (κ3) is 1.95. The van der Waals surface area contributed by atoms with Crippen LogP contribution in [0.25, 0.3) is 11.3 Å². The number of nitrogens with one attached hydrogen (secondary N) is 1. The molecule has 84 valence electrons. The number of rotatable bonds is 2. The van der Waals surface area contributed by atoms with Crippen LogP contribution in [0.15, 0.2) is 29.3 Å². The van der Waals surface area contributed by atoms with Crippen LogP contribution in [0.2, 0.25) is 0 Å². The van der Waals surface area contributed by atoms with Crippen LogP contribution in [0.1, 0.15) is 5.56 Å². The smallest absolute Gasteiger partial charge is 0.281 e. The third-order valence-corrected chi connectivity index (χ3v) is 2.88. The Labute approximate surface area is 92.1 Å². The Morgan fingerprint density at radius 2 is 1.88 bits per heavy atom. The predicted octanol–water partition coefficient (Wildman–Crippen LogP) is 1.03. The molecular formula is C9H9N3O3S. The average molecular weight is 239 g/mol. The Kier molecular flexibility index (Phi) is 2.49. The van der Waals surface area contributed by atoms with Gasteiger partial charge in [0.1, 0.15) is 5.69 Å². The van der Waals surface area contributed by atoms with Crippen LogP contribution in [0.3, 0.4) is 0 Å². The molecule has 0 saturated carbocycles. The Morgan fingerprint density at radius 3 is 2.44 bits per heavy atom. The highest BCUT2D eigenvalue weighted by atomic mass is 32.2. The number of aromatic amines is 1. The van der Waals surface area contributed by atoms with Crippen LogP contribution in [0, 0.1) is 6.92 Å². The molecule has 0 aliphatic heterocycles. The molecule has 1 aromatic carbocycles. The Bertz CT molecular complexity index is 601. The number of hydrogen-bond acceptors (Lipinski definition) is 4. The zero-order valence-corrected chi connectivity index (χ0v) is 9.19. The summed E-state index contributed by atoms with van der Waals surface area (Å²) >= 11 is 0. The molecule has 0 amide bonds. The molecule has 0 saturated heterocycles. The number of aryl methyl sites for hydroxylation is 1. The van der Waals surface area contributed by atoms with E-state index >= 15 is 0 Å². The van der Waals surface area contributed by atoms with E-state index < -0.39 is 15.1 Å². The molecule has 0 atom stereocenters. The van der Waals surface area contributed by atoms with Crippen molar-refractivity contribution >= 4 is 10.1 Å². The maximum Gasteiger partial charge on any atom is 0.316 e. The van der Waals surface area contributed by atoms with Gasteiger partial charge in [-0.2, -0.15) is 8.42 Å². The van der Waals surface area contributed by atoms with Crippen molar-refractivity contribution in [3.63, 3.8) is 0 Å². The van der Waals surface area contributed by atoms with Gasteiger partial charge in [0.2, 0.25) is 5.03 Å². The zero-order valence-electron chi connectivity index (χ0n) is 8.38. The van der Waals surface area contributed by atoms with Gasteiger partial charge in [-0.25, -0.2) is 0 Å². The summed E-state index contributed by atoms with van der Waals surface area (Å²) in [5, 5.41) is 8.70. The van der Waals surface area contributed by atoms with Crippen molar-refractivity contribution < 1.29 is 13.0 Å². The highest BCUT2D eigenvalue weighted by molar-refractivity contribution is 7.85. The monoisotopic (exact) mass is 239 g/mol. The third-order valence-electron chi connectivity index (χ3n) is 2.10. The van der Waals surface area contributed by atoms with E-state index in [1.54, 1.807) is 12.1 Å². The summed E-state index contributed by atoms with van der Waals surface area (Å²) in [6.45, 7) is 1.92. The van der Waals surface area contributed by atoms with Crippen molar-refractivity contribution in [3.05, 3.63) is 29.8 Å². The van der Waals surface area contributed by atoms with Gasteiger partial charge in [0, 0.05) is 5.56 Å². The second-order valence-electron chi connectivity index (χ2n) is 3.33. The SMILES string of the molecule is Cc1ccc(-c2[nH]nnc2S(=O)(=O)O)cc1. The van der Waals surface area contributed by atoms with Crippen molar-refractivity contribution in [2.75, 3.05) is 0 Å². The van der Waals surface area contributed by atoms with Crippen LogP contribution >= 0.6 is 0 Å². The van der Waals surface area contributed by atoms with Crippen molar-refractivity contribution in [2.45, 2.75) is 11.9 Å². The van der Waals surface area contributed by atoms with E-state index in [-0.39, 0.29) is 5.69 Å². The van der Waals surface area contributed by atoms with E-state index in [2.05, 4.69) is 15.4 Å². The van der Waals surface area contributed by atoms with Gasteiger partial charge in [-0.3, -0.25) is 9.65 Å². The van der Waals surface area contributed by atoms with E-state index in [1.807, 2.05) is 19.1 Å². The molecule has 2 rings (SSSR count). The molecule has 0 aliphatic carbocycles. The average Bonchev–Trinajstić information content (AvgIpc) is 2.66. The van der Waals surface area contributed by atoms with Gasteiger partial charge in [0.15, 0.2) is 0 Å². The molecule has 16 heavy (non-hydrogen) atoms. The normalized spacial score (nSPS) is 11.6. The van der Waals surface area contributed by atoms with Crippen molar-refractivity contribution in [3.8, 4) is 11.3 Å². The lowest BCUT2D eigenvalue weighted by Crippen LogP contribution is -2.00. The van der Waals surface area contributed by atoms with E-state index in [1.165, 1.54) is 0 Å². The van der Waals surface area contributed by atoms with Crippen molar-refractivity contribution in [1.82, 2.24) is 15.4 Å². The van der Waals surface area contributed by atoms with E-state index in [4.69, 9.17) is 4.55 Å². The van der Waals surface area contributed by atoms with Crippen molar-refractivity contribution in [2.24, 2.45) is 0 Å². The molecule has 7 heteroatoms. The summed E-state index contributed by atoms with van der Waals surface area (Å²) in [4.78, 5) is 0. The van der Waals surface area contributed by atoms with Gasteiger partial charge in [0.05, 0.1) is 0 Å². The standard InChI is InChI=1S/C9H9N3O3S/c1-6-2-4-7(5-3-6)8-9(11-12-10-8)16(13,14)15/h2-5H,1H3,(H,10,11,12)(H,13,14,15). The first-order valence-electron chi connectivity index (χ1n) is 4.44. The Morgan fingerprint density at radius 1 is 1.25 bits per heavy atom. The molecule has 2 aromatic rings. The van der Waals surface area contributed by atoms with Crippen molar-refractivity contribution in [1.29, 1.82) is 0 Å². The largest absolute Gasteiger partial charge is 0.316 e. The Balaban J connectivity index is 2.58. The molecule has 6 nitrogen and oxygen atoms in total. The summed E-state index contributed by atoms with van der Waals surface area (Å²) in [5.74, 6) is 0. The number of benzene rings is 1. The summed E-state index contributed by atoms with van der Waals surface area (Å²) in [6.07, 6.45) is 0. The van der Waals surface area contributed by atoms with Gasteiger partial charge in [-0.1, -0.05) is 35.0 Å². The van der Waals surface area contributed by atoms with Crippen LogP contribution in [-0.4, -0.2) is 28.4 Å². The van der Waals surface area contributed by atoms with Gasteiger partial charge >= 0.3 is 10.1 Å². The first kappa shape index (κ1) is 10.8. The van der Waals surface area contributed by atoms with Gasteiger partial charge in [-0.05, 0) is 6.92 Å². The fourth-order valence-corrected chi connectivity index (χ4v) is 1.87. The summed E-state index contributed by atoms with van der Waals surface area (Å²) in [6, 6.07) is 7.09. The van der Waals surface area contributed by atoms with Gasteiger partial charge < -0.3 is 0 Å². The zero-order chi connectivity index (χ0) is 11.8. The molecular weight excluding hydrogens is 230 g/mol. The van der Waals surface area contributed by atoms with Crippen LogP contribution < -0.4 is 0 Å². The van der Waals surface area contributed by atoms with Crippen LogP contribution in [-0.2, 0) is 10.1 Å². The van der Waals surface area contributed by atoms with E-state index in [0.29, 0.717) is 5.56 Å². The molecule has 0 bridgehead atoms. The predicted molar refractivity (Wildman–Crippen MR) is 56.4 cm³/mol. The molecule has 0 aliphatic rings. The molecule has 1 heterocycles. The highest BCUT2D eigenvalue weighted by Crippen LogP contribution is 2.22. The summed E-state index contributed by atoms with van der Waals surface area (Å²) < 4.78 is 30.9. The number of H-pyrrole nitrogens is 1. The van der Waals surface area contributed by atoms with Crippen LogP contribution in [0.5, 0.6) is 0 Å². The maximum atomic E-state index is 11.0. The maximum absolute atomic E-state index is 11.0. The highest BCUT2D eigenvalue weighted by Gasteiger charge is 2.20. The lowest BCUT2D eigenvalue weighted by molar-refractivity contribution is 0.479. The summed E-state index contributed by atoms with van der Waals surface area (Å²) in [7, 11) is -4.35. The van der Waals surface area contributed by atoms with Crippen LogP contribution in [0.4, 0.5) is 0 Å². The van der Waals surface area contributed by atoms with E-state index in [9.17, 15) is 8.42 Å². The second-order valence-corrected chi connectivity index (χ2v) is 4.67. The molecule has 0 unspecified atom stereocenters. The molecule has 1 aromatic heterocycles. The molecule has 2 N–H and O–H groups in total. The first-order valence-corrected chi connectivity index (χ1v) is 5.88. The lowest BCUT2D eigenvalue weighted by Gasteiger charge is -1.99. The fourth-order valence-electron chi connectivity index (χ4n) is 1.31. The lowest BCUT2D eigenvalue weighted by atomic mass is 10.1. The number of nitrogens with zero attached hydrogens (tertiary/aromatic N) is 2. The molecule has 0 spiro atoms. The van der Waals surface area contributed by atoms with Gasteiger partial charge in [0.25, 0.3) is 0 Å². The fraction of sp³-hybridized carbons (Fsp3) is 0.111. The topological polar surface area (TPSA) is 95.9 Å². The molecule has 0 fully saturated rings. The second kappa shape index (κ2) is 3.69. The number of aromatic nitrogens is 3. The quantitative estimate of drug-likeness (QED) is 0.763.